The largest absolute Gasteiger partial charge is 0.394 e. The number of aliphatic hydroxyl groups excluding tert-OH is 1. The molecule has 0 radical (unpaired) electrons. The lowest BCUT2D eigenvalue weighted by Crippen LogP contribution is -2.57. The van der Waals surface area contributed by atoms with E-state index in [2.05, 4.69) is 13.2 Å². The smallest absolute Gasteiger partial charge is 0.249 e. The highest BCUT2D eigenvalue weighted by molar-refractivity contribution is 5.99. The van der Waals surface area contributed by atoms with Crippen molar-refractivity contribution in [3.05, 3.63) is 97.1 Å². The molecule has 41 heavy (non-hydrogen) atoms. The van der Waals surface area contributed by atoms with E-state index < -0.39 is 35.1 Å². The van der Waals surface area contributed by atoms with Gasteiger partial charge in [-0.15, -0.1) is 13.2 Å². The van der Waals surface area contributed by atoms with Crippen molar-refractivity contribution in [2.75, 3.05) is 26.7 Å². The van der Waals surface area contributed by atoms with Crippen molar-refractivity contribution in [2.24, 2.45) is 11.8 Å². The van der Waals surface area contributed by atoms with Crippen molar-refractivity contribution in [1.82, 2.24) is 14.7 Å². The van der Waals surface area contributed by atoms with Crippen molar-refractivity contribution in [3.8, 4) is 0 Å². The third kappa shape index (κ3) is 4.69. The molecule has 3 heterocycles. The van der Waals surface area contributed by atoms with E-state index in [-0.39, 0.29) is 30.9 Å². The Kier molecular flexibility index (Phi) is 7.90. The van der Waals surface area contributed by atoms with Crippen LogP contribution in [-0.4, -0.2) is 81.5 Å². The van der Waals surface area contributed by atoms with Gasteiger partial charge in [-0.05, 0) is 30.9 Å². The summed E-state index contributed by atoms with van der Waals surface area (Å²) in [5.74, 6) is -2.43. The van der Waals surface area contributed by atoms with Crippen molar-refractivity contribution in [3.63, 3.8) is 0 Å². The minimum Gasteiger partial charge on any atom is -0.394 e. The summed E-state index contributed by atoms with van der Waals surface area (Å²) in [7, 11) is 1.69. The number of benzene rings is 2. The Bertz CT molecular complexity index is 1320. The van der Waals surface area contributed by atoms with E-state index in [9.17, 15) is 19.5 Å². The van der Waals surface area contributed by atoms with Gasteiger partial charge < -0.3 is 24.5 Å². The van der Waals surface area contributed by atoms with E-state index in [1.807, 2.05) is 67.6 Å². The summed E-state index contributed by atoms with van der Waals surface area (Å²) in [5, 5.41) is 10.7. The molecule has 3 saturated heterocycles. The normalized spacial score (nSPS) is 28.7. The van der Waals surface area contributed by atoms with Crippen LogP contribution in [0.25, 0.3) is 0 Å². The topological polar surface area (TPSA) is 90.4 Å². The number of rotatable bonds is 11. The molecule has 6 atom stereocenters. The first-order valence-electron chi connectivity index (χ1n) is 14.2. The summed E-state index contributed by atoms with van der Waals surface area (Å²) in [6, 6.07) is 17.1. The van der Waals surface area contributed by atoms with E-state index in [4.69, 9.17) is 4.74 Å². The van der Waals surface area contributed by atoms with Crippen LogP contribution in [-0.2, 0) is 25.7 Å². The zero-order valence-electron chi connectivity index (χ0n) is 23.8. The molecule has 3 fully saturated rings. The first-order valence-corrected chi connectivity index (χ1v) is 14.2. The number of likely N-dealkylation sites (tertiary alicyclic amines) is 1. The number of amides is 3. The second kappa shape index (κ2) is 11.3. The quantitative estimate of drug-likeness (QED) is 0.428. The first kappa shape index (κ1) is 28.8. The lowest BCUT2D eigenvalue weighted by molar-refractivity contribution is -0.156. The van der Waals surface area contributed by atoms with Gasteiger partial charge in [-0.2, -0.15) is 0 Å². The molecule has 2 aromatic carbocycles. The van der Waals surface area contributed by atoms with Crippen molar-refractivity contribution in [2.45, 2.75) is 49.6 Å². The molecule has 8 nitrogen and oxygen atoms in total. The number of hydrogen-bond acceptors (Lipinski definition) is 5. The molecule has 2 aromatic rings. The predicted octanol–water partition coefficient (Wildman–Crippen LogP) is 3.34. The summed E-state index contributed by atoms with van der Waals surface area (Å²) in [4.78, 5) is 47.9. The number of nitrogens with zero attached hydrogens (tertiary/aromatic N) is 3. The minimum atomic E-state index is -1.20. The van der Waals surface area contributed by atoms with Gasteiger partial charge in [0.25, 0.3) is 0 Å². The van der Waals surface area contributed by atoms with Crippen LogP contribution in [0.2, 0.25) is 0 Å². The first-order chi connectivity index (χ1) is 19.7. The molecule has 2 bridgehead atoms. The Morgan fingerprint density at radius 2 is 1.68 bits per heavy atom. The maximum absolute atomic E-state index is 14.7. The van der Waals surface area contributed by atoms with Crippen LogP contribution in [0.5, 0.6) is 0 Å². The molecule has 3 aliphatic rings. The Hall–Kier alpha value is -3.75. The standard InChI is InChI=1S/C33H39N3O5/c1-5-19-34(4)29(38)26-27-30(39)36(25(22-37)24-15-11-8-12-16-24)28(33(27)18-17-32(26,3)41-33)31(40)35(20-6-2)21-23-13-9-7-10-14-23/h5-16,25-28,37H,1-2,17-22H2,3-4H3/t25-,26+,27+,28?,32-,33?/m1/s1. The number of fused-ring (bicyclic) bond motifs is 1. The maximum Gasteiger partial charge on any atom is 0.249 e. The van der Waals surface area contributed by atoms with Gasteiger partial charge in [0.05, 0.1) is 30.1 Å². The van der Waals surface area contributed by atoms with Crippen LogP contribution in [0.15, 0.2) is 86.0 Å². The fourth-order valence-corrected chi connectivity index (χ4v) is 7.27. The van der Waals surface area contributed by atoms with Crippen LogP contribution in [0, 0.1) is 11.8 Å². The van der Waals surface area contributed by atoms with Crippen molar-refractivity contribution < 1.29 is 24.2 Å². The molecule has 1 N–H and O–H groups in total. The van der Waals surface area contributed by atoms with Gasteiger partial charge in [0.15, 0.2) is 0 Å². The van der Waals surface area contributed by atoms with Gasteiger partial charge in [0, 0.05) is 26.7 Å². The van der Waals surface area contributed by atoms with Crippen LogP contribution >= 0.6 is 0 Å². The zero-order chi connectivity index (χ0) is 29.4. The minimum absolute atomic E-state index is 0.201. The molecule has 0 saturated carbocycles. The van der Waals surface area contributed by atoms with E-state index in [0.29, 0.717) is 31.5 Å². The van der Waals surface area contributed by atoms with Crippen LogP contribution in [0.4, 0.5) is 0 Å². The molecule has 0 aliphatic carbocycles. The predicted molar refractivity (Wildman–Crippen MR) is 155 cm³/mol. The number of ether oxygens (including phenoxy) is 1. The second-order valence-electron chi connectivity index (χ2n) is 11.6. The van der Waals surface area contributed by atoms with Gasteiger partial charge in [0.1, 0.15) is 11.6 Å². The van der Waals surface area contributed by atoms with Crippen LogP contribution in [0.1, 0.15) is 36.9 Å². The van der Waals surface area contributed by atoms with Gasteiger partial charge in [-0.3, -0.25) is 14.4 Å². The number of likely N-dealkylation sites (N-methyl/N-ethyl adjacent to an activating group) is 1. The monoisotopic (exact) mass is 557 g/mol. The average molecular weight is 558 g/mol. The highest BCUT2D eigenvalue weighted by atomic mass is 16.5. The van der Waals surface area contributed by atoms with E-state index in [0.717, 1.165) is 5.56 Å². The number of carbonyl (C=O) groups is 3. The van der Waals surface area contributed by atoms with Gasteiger partial charge >= 0.3 is 0 Å². The second-order valence-corrected chi connectivity index (χ2v) is 11.6. The molecule has 1 spiro atoms. The Morgan fingerprint density at radius 3 is 2.29 bits per heavy atom. The number of hydrogen-bond donors (Lipinski definition) is 1. The van der Waals surface area contributed by atoms with Gasteiger partial charge in [-0.1, -0.05) is 72.8 Å². The fraction of sp³-hybridized carbons (Fsp3) is 0.424. The summed E-state index contributed by atoms with van der Waals surface area (Å²) < 4.78 is 6.79. The van der Waals surface area contributed by atoms with Gasteiger partial charge in [0.2, 0.25) is 17.7 Å². The summed E-state index contributed by atoms with van der Waals surface area (Å²) in [6.07, 6.45) is 4.32. The molecule has 5 rings (SSSR count). The van der Waals surface area contributed by atoms with Crippen LogP contribution < -0.4 is 0 Å². The molecule has 2 unspecified atom stereocenters. The van der Waals surface area contributed by atoms with Crippen molar-refractivity contribution >= 4 is 17.7 Å². The number of carbonyl (C=O) groups excluding carboxylic acids is 3. The Morgan fingerprint density at radius 1 is 1.05 bits per heavy atom. The molecule has 3 amide bonds. The van der Waals surface area contributed by atoms with E-state index >= 15 is 0 Å². The lowest BCUT2D eigenvalue weighted by Gasteiger charge is -2.39. The SMILES string of the molecule is C=CCN(C)C(=O)[C@@H]1[C@H]2C(=O)N([C@H](CO)c3ccccc3)C(C(=O)N(CC=C)Cc3ccccc3)C23CC[C@@]1(C)O3. The molecule has 3 aliphatic heterocycles. The molecule has 8 heteroatoms. The highest BCUT2D eigenvalue weighted by Gasteiger charge is 2.78. The van der Waals surface area contributed by atoms with Crippen molar-refractivity contribution in [1.29, 1.82) is 0 Å². The lowest BCUT2D eigenvalue weighted by atomic mass is 9.66. The molecular weight excluding hydrogens is 518 g/mol. The average Bonchev–Trinajstić information content (AvgIpc) is 3.55. The summed E-state index contributed by atoms with van der Waals surface area (Å²) >= 11 is 0. The van der Waals surface area contributed by atoms with E-state index in [1.54, 1.807) is 29.0 Å². The molecule has 0 aromatic heterocycles. The number of aliphatic hydroxyl groups is 1. The van der Waals surface area contributed by atoms with Gasteiger partial charge in [-0.25, -0.2) is 0 Å². The third-order valence-corrected chi connectivity index (χ3v) is 9.06. The summed E-state index contributed by atoms with van der Waals surface area (Å²) in [5.41, 5.74) is -0.432. The zero-order valence-corrected chi connectivity index (χ0v) is 23.8. The maximum atomic E-state index is 14.7. The Balaban J connectivity index is 1.63. The highest BCUT2D eigenvalue weighted by Crippen LogP contribution is 2.64. The third-order valence-electron chi connectivity index (χ3n) is 9.06. The van der Waals surface area contributed by atoms with Crippen LogP contribution in [0.3, 0.4) is 0 Å². The molecular formula is C33H39N3O5. The fourth-order valence-electron chi connectivity index (χ4n) is 7.27. The Labute approximate surface area is 241 Å². The summed E-state index contributed by atoms with van der Waals surface area (Å²) in [6.45, 7) is 10.1. The molecule has 216 valence electrons. The van der Waals surface area contributed by atoms with E-state index in [1.165, 1.54) is 4.90 Å².